The molecule has 0 aliphatic heterocycles. The molecule has 1 aliphatic rings. The number of ether oxygens (including phenoxy) is 1. The fourth-order valence-corrected chi connectivity index (χ4v) is 5.51. The molecule has 0 aromatic heterocycles. The van der Waals surface area contributed by atoms with Crippen molar-refractivity contribution in [3.63, 3.8) is 0 Å². The molecule has 2 aromatic carbocycles. The van der Waals surface area contributed by atoms with Gasteiger partial charge in [-0.05, 0) is 87.9 Å². The molecule has 1 unspecified atom stereocenters. The number of amides is 2. The number of carbonyl (C=O) groups is 3. The SMILES string of the molecule is CCN(C(=O)Nc1ccc(OC(F)(F)F)cc1)C1CCc2c(cc(C)c(SC(C)(C)C(=O)O)c2C=O)C1. The van der Waals surface area contributed by atoms with Crippen molar-refractivity contribution in [2.24, 2.45) is 0 Å². The first kappa shape index (κ1) is 28.4. The molecule has 0 radical (unpaired) electrons. The number of urea groups is 1. The van der Waals surface area contributed by atoms with Gasteiger partial charge in [0.25, 0.3) is 0 Å². The Morgan fingerprint density at radius 2 is 1.89 bits per heavy atom. The number of hydrogen-bond acceptors (Lipinski definition) is 5. The molecule has 2 aromatic rings. The van der Waals surface area contributed by atoms with E-state index in [1.807, 2.05) is 19.9 Å². The summed E-state index contributed by atoms with van der Waals surface area (Å²) in [6.07, 6.45) is -2.35. The van der Waals surface area contributed by atoms with Crippen LogP contribution in [0.5, 0.6) is 5.75 Å². The molecule has 0 heterocycles. The van der Waals surface area contributed by atoms with E-state index in [2.05, 4.69) is 10.1 Å². The molecule has 200 valence electrons. The third-order valence-corrected chi connectivity index (χ3v) is 7.69. The Morgan fingerprint density at radius 1 is 1.24 bits per heavy atom. The normalized spacial score (nSPS) is 15.5. The molecular weight excluding hydrogens is 509 g/mol. The maximum Gasteiger partial charge on any atom is 0.573 e. The number of fused-ring (bicyclic) bond motifs is 1. The molecule has 3 rings (SSSR count). The van der Waals surface area contributed by atoms with Gasteiger partial charge in [0.15, 0.2) is 6.29 Å². The Labute approximate surface area is 217 Å². The lowest BCUT2D eigenvalue weighted by molar-refractivity contribution is -0.274. The van der Waals surface area contributed by atoms with Gasteiger partial charge in [-0.1, -0.05) is 6.07 Å². The average Bonchev–Trinajstić information content (AvgIpc) is 2.80. The maximum atomic E-state index is 13.0. The molecule has 0 spiro atoms. The lowest BCUT2D eigenvalue weighted by Crippen LogP contribution is -2.45. The van der Waals surface area contributed by atoms with Crippen LogP contribution in [-0.2, 0) is 17.6 Å². The summed E-state index contributed by atoms with van der Waals surface area (Å²) in [5, 5.41) is 12.2. The fraction of sp³-hybridized carbons (Fsp3) is 0.423. The standard InChI is InChI=1S/C26H29F3N2O5S/c1-5-31(24(35)30-17-6-9-19(10-7-17)36-26(27,28)29)18-8-11-20-16(13-18)12-15(2)22(21(20)14-32)37-25(3,4)23(33)34/h6-7,9-10,12,14,18H,5,8,11,13H2,1-4H3,(H,30,35)(H,33,34). The van der Waals surface area contributed by atoms with Crippen LogP contribution in [0.25, 0.3) is 0 Å². The molecule has 1 atom stereocenters. The van der Waals surface area contributed by atoms with Crippen LogP contribution >= 0.6 is 11.8 Å². The predicted molar refractivity (Wildman–Crippen MR) is 134 cm³/mol. The third kappa shape index (κ3) is 6.76. The van der Waals surface area contributed by atoms with Gasteiger partial charge in [0.1, 0.15) is 10.5 Å². The molecular formula is C26H29F3N2O5S. The zero-order valence-electron chi connectivity index (χ0n) is 20.9. The zero-order valence-corrected chi connectivity index (χ0v) is 21.8. The van der Waals surface area contributed by atoms with Crippen molar-refractivity contribution in [1.82, 2.24) is 4.90 Å². The van der Waals surface area contributed by atoms with Gasteiger partial charge in [-0.3, -0.25) is 9.59 Å². The van der Waals surface area contributed by atoms with E-state index in [0.717, 1.165) is 46.9 Å². The molecule has 2 amide bonds. The molecule has 0 fully saturated rings. The van der Waals surface area contributed by atoms with Crippen LogP contribution in [0.15, 0.2) is 35.2 Å². The number of aldehydes is 1. The van der Waals surface area contributed by atoms with Crippen molar-refractivity contribution < 1.29 is 37.4 Å². The number of nitrogens with zero attached hydrogens (tertiary/aromatic N) is 1. The largest absolute Gasteiger partial charge is 0.573 e. The number of hydrogen-bond donors (Lipinski definition) is 2. The Morgan fingerprint density at radius 3 is 2.43 bits per heavy atom. The average molecular weight is 539 g/mol. The quantitative estimate of drug-likeness (QED) is 0.313. The number of carbonyl (C=O) groups excluding carboxylic acids is 2. The number of rotatable bonds is 8. The smallest absolute Gasteiger partial charge is 0.480 e. The summed E-state index contributed by atoms with van der Waals surface area (Å²) in [5.41, 5.74) is 3.44. The first-order chi connectivity index (χ1) is 17.3. The monoisotopic (exact) mass is 538 g/mol. The van der Waals surface area contributed by atoms with Gasteiger partial charge < -0.3 is 20.1 Å². The van der Waals surface area contributed by atoms with E-state index in [1.165, 1.54) is 12.1 Å². The van der Waals surface area contributed by atoms with E-state index in [-0.39, 0.29) is 17.8 Å². The van der Waals surface area contributed by atoms with Crippen LogP contribution in [0, 0.1) is 6.92 Å². The van der Waals surface area contributed by atoms with Crippen molar-refractivity contribution in [3.8, 4) is 5.75 Å². The van der Waals surface area contributed by atoms with E-state index < -0.39 is 17.1 Å². The Bertz CT molecular complexity index is 1180. The lowest BCUT2D eigenvalue weighted by atomic mass is 9.84. The molecule has 37 heavy (non-hydrogen) atoms. The first-order valence-electron chi connectivity index (χ1n) is 11.7. The van der Waals surface area contributed by atoms with Crippen molar-refractivity contribution >= 4 is 35.7 Å². The van der Waals surface area contributed by atoms with Crippen LogP contribution in [0.4, 0.5) is 23.7 Å². The van der Waals surface area contributed by atoms with Gasteiger partial charge in [0.2, 0.25) is 0 Å². The number of carboxylic acids is 1. The second kappa shape index (κ2) is 11.0. The van der Waals surface area contributed by atoms with Gasteiger partial charge in [0.05, 0.1) is 0 Å². The summed E-state index contributed by atoms with van der Waals surface area (Å²) in [7, 11) is 0. The third-order valence-electron chi connectivity index (χ3n) is 6.26. The highest BCUT2D eigenvalue weighted by atomic mass is 32.2. The summed E-state index contributed by atoms with van der Waals surface area (Å²) in [6.45, 7) is 7.27. The second-order valence-corrected chi connectivity index (χ2v) is 10.9. The number of nitrogens with one attached hydrogen (secondary N) is 1. The number of benzene rings is 2. The molecule has 11 heteroatoms. The molecule has 0 bridgehead atoms. The number of likely N-dealkylation sites (N-methyl/N-ethyl adjacent to an activating group) is 1. The van der Waals surface area contributed by atoms with Gasteiger partial charge >= 0.3 is 18.4 Å². The molecule has 0 saturated heterocycles. The minimum Gasteiger partial charge on any atom is -0.480 e. The van der Waals surface area contributed by atoms with Crippen molar-refractivity contribution in [2.75, 3.05) is 11.9 Å². The van der Waals surface area contributed by atoms with Gasteiger partial charge in [-0.2, -0.15) is 0 Å². The highest BCUT2D eigenvalue weighted by Crippen LogP contribution is 2.41. The number of alkyl halides is 3. The number of halogens is 3. The number of thioether (sulfide) groups is 1. The highest BCUT2D eigenvalue weighted by Gasteiger charge is 2.34. The summed E-state index contributed by atoms with van der Waals surface area (Å²) in [4.78, 5) is 39.1. The van der Waals surface area contributed by atoms with E-state index >= 15 is 0 Å². The van der Waals surface area contributed by atoms with Crippen molar-refractivity contribution in [3.05, 3.63) is 52.6 Å². The second-order valence-electron chi connectivity index (χ2n) is 9.29. The van der Waals surface area contributed by atoms with Crippen molar-refractivity contribution in [2.45, 2.75) is 69.0 Å². The Balaban J connectivity index is 1.78. The minimum absolute atomic E-state index is 0.154. The lowest BCUT2D eigenvalue weighted by Gasteiger charge is -2.36. The Kier molecular flexibility index (Phi) is 8.46. The number of aliphatic carboxylic acids is 1. The number of aryl methyl sites for hydroxylation is 1. The first-order valence-corrected chi connectivity index (χ1v) is 12.5. The number of anilines is 1. The molecule has 2 N–H and O–H groups in total. The topological polar surface area (TPSA) is 95.9 Å². The molecule has 7 nitrogen and oxygen atoms in total. The summed E-state index contributed by atoms with van der Waals surface area (Å²) >= 11 is 1.15. The van der Waals surface area contributed by atoms with Crippen LogP contribution in [-0.4, -0.2) is 52.0 Å². The summed E-state index contributed by atoms with van der Waals surface area (Å²) in [6, 6.07) is 6.34. The fourth-order valence-electron chi connectivity index (χ4n) is 4.41. The van der Waals surface area contributed by atoms with Crippen LogP contribution in [0.3, 0.4) is 0 Å². The van der Waals surface area contributed by atoms with E-state index in [1.54, 1.807) is 18.7 Å². The van der Waals surface area contributed by atoms with E-state index in [0.29, 0.717) is 42.0 Å². The van der Waals surface area contributed by atoms with Crippen LogP contribution in [0.2, 0.25) is 0 Å². The van der Waals surface area contributed by atoms with E-state index in [9.17, 15) is 32.7 Å². The molecule has 0 saturated carbocycles. The van der Waals surface area contributed by atoms with Crippen molar-refractivity contribution in [1.29, 1.82) is 0 Å². The van der Waals surface area contributed by atoms with Crippen LogP contribution < -0.4 is 10.1 Å². The minimum atomic E-state index is -4.80. The summed E-state index contributed by atoms with van der Waals surface area (Å²) in [5.74, 6) is -1.36. The Hall–Kier alpha value is -3.21. The number of carboxylic acid groups (broad SMARTS) is 1. The predicted octanol–water partition coefficient (Wildman–Crippen LogP) is 6.07. The van der Waals surface area contributed by atoms with Gasteiger partial charge in [-0.15, -0.1) is 24.9 Å². The zero-order chi connectivity index (χ0) is 27.5. The summed E-state index contributed by atoms with van der Waals surface area (Å²) < 4.78 is 39.9. The maximum absolute atomic E-state index is 13.0. The molecule has 1 aliphatic carbocycles. The highest BCUT2D eigenvalue weighted by molar-refractivity contribution is 8.01. The van der Waals surface area contributed by atoms with E-state index in [4.69, 9.17) is 0 Å². The van der Waals surface area contributed by atoms with Crippen LogP contribution in [0.1, 0.15) is 54.2 Å². The van der Waals surface area contributed by atoms with Gasteiger partial charge in [-0.25, -0.2) is 4.79 Å². The van der Waals surface area contributed by atoms with Gasteiger partial charge in [0, 0.05) is 28.7 Å².